The summed E-state index contributed by atoms with van der Waals surface area (Å²) in [6.07, 6.45) is 3.67. The van der Waals surface area contributed by atoms with Gasteiger partial charge in [0, 0.05) is 12.1 Å². The van der Waals surface area contributed by atoms with Crippen molar-refractivity contribution in [3.05, 3.63) is 0 Å². The van der Waals surface area contributed by atoms with Crippen molar-refractivity contribution in [1.29, 1.82) is 0 Å². The Balaban J connectivity index is 2.48. The van der Waals surface area contributed by atoms with Crippen molar-refractivity contribution in [2.24, 2.45) is 0 Å². The Morgan fingerprint density at radius 3 is 2.38 bits per heavy atom. The van der Waals surface area contributed by atoms with Crippen LogP contribution in [0.2, 0.25) is 0 Å². The van der Waals surface area contributed by atoms with Crippen LogP contribution in [0.25, 0.3) is 0 Å². The number of rotatable bonds is 2. The Morgan fingerprint density at radius 2 is 1.92 bits per heavy atom. The van der Waals surface area contributed by atoms with Crippen molar-refractivity contribution in [2.45, 2.75) is 45.2 Å². The second-order valence-corrected chi connectivity index (χ2v) is 3.88. The normalized spacial score (nSPS) is 30.1. The lowest BCUT2D eigenvalue weighted by Crippen LogP contribution is -2.46. The van der Waals surface area contributed by atoms with Gasteiger partial charge in [0.2, 0.25) is 0 Å². The van der Waals surface area contributed by atoms with E-state index in [4.69, 9.17) is 0 Å². The van der Waals surface area contributed by atoms with Gasteiger partial charge in [0.05, 0.1) is 13.7 Å². The van der Waals surface area contributed by atoms with E-state index in [0.29, 0.717) is 18.6 Å². The molecule has 0 N–H and O–H groups in total. The molecule has 0 aromatic heterocycles. The van der Waals surface area contributed by atoms with Crippen molar-refractivity contribution in [3.63, 3.8) is 0 Å². The predicted molar refractivity (Wildman–Crippen MR) is 51.5 cm³/mol. The molecular weight excluding hydrogens is 166 g/mol. The minimum absolute atomic E-state index is 0.124. The topological polar surface area (TPSA) is 29.5 Å². The summed E-state index contributed by atoms with van der Waals surface area (Å²) in [5.41, 5.74) is 0. The zero-order valence-corrected chi connectivity index (χ0v) is 8.75. The second kappa shape index (κ2) is 4.61. The number of hydrogen-bond donors (Lipinski definition) is 0. The van der Waals surface area contributed by atoms with Crippen LogP contribution < -0.4 is 0 Å². The van der Waals surface area contributed by atoms with E-state index in [0.717, 1.165) is 0 Å². The van der Waals surface area contributed by atoms with Gasteiger partial charge in [0.25, 0.3) is 0 Å². The smallest absolute Gasteiger partial charge is 0.319 e. The van der Waals surface area contributed by atoms with Crippen LogP contribution in [-0.4, -0.2) is 36.6 Å². The van der Waals surface area contributed by atoms with E-state index >= 15 is 0 Å². The molecule has 76 valence electrons. The first-order valence-electron chi connectivity index (χ1n) is 4.97. The number of ether oxygens (including phenoxy) is 1. The van der Waals surface area contributed by atoms with Crippen LogP contribution in [0.15, 0.2) is 0 Å². The number of esters is 1. The Hall–Kier alpha value is -0.570. The third-order valence-electron chi connectivity index (χ3n) is 2.92. The van der Waals surface area contributed by atoms with Gasteiger partial charge in [-0.2, -0.15) is 0 Å². The molecule has 3 heteroatoms. The average molecular weight is 185 g/mol. The Kier molecular flexibility index (Phi) is 3.72. The van der Waals surface area contributed by atoms with Crippen LogP contribution in [0.4, 0.5) is 0 Å². The number of carbonyl (C=O) groups excluding carboxylic acids is 1. The third kappa shape index (κ3) is 2.69. The van der Waals surface area contributed by atoms with Crippen LogP contribution in [0.5, 0.6) is 0 Å². The van der Waals surface area contributed by atoms with Crippen LogP contribution in [0.1, 0.15) is 33.1 Å². The second-order valence-electron chi connectivity index (χ2n) is 3.88. The summed E-state index contributed by atoms with van der Waals surface area (Å²) in [6, 6.07) is 1.03. The third-order valence-corrected chi connectivity index (χ3v) is 2.92. The van der Waals surface area contributed by atoms with Crippen LogP contribution in [-0.2, 0) is 9.53 Å². The zero-order chi connectivity index (χ0) is 9.84. The first-order chi connectivity index (χ1) is 6.15. The van der Waals surface area contributed by atoms with E-state index in [9.17, 15) is 4.79 Å². The Morgan fingerprint density at radius 1 is 1.38 bits per heavy atom. The standard InChI is InChI=1S/C10H19NO2/c1-8-5-4-6-9(2)11(8)7-10(12)13-3/h8-9H,4-7H2,1-3H3. The summed E-state index contributed by atoms with van der Waals surface area (Å²) < 4.78 is 4.67. The van der Waals surface area contributed by atoms with E-state index in [-0.39, 0.29) is 5.97 Å². The van der Waals surface area contributed by atoms with Gasteiger partial charge in [0.1, 0.15) is 0 Å². The lowest BCUT2D eigenvalue weighted by Gasteiger charge is -2.37. The molecule has 0 bridgehead atoms. The number of likely N-dealkylation sites (tertiary alicyclic amines) is 1. The first kappa shape index (κ1) is 10.5. The minimum Gasteiger partial charge on any atom is -0.468 e. The van der Waals surface area contributed by atoms with E-state index in [1.54, 1.807) is 0 Å². The maximum atomic E-state index is 11.1. The number of piperidine rings is 1. The largest absolute Gasteiger partial charge is 0.468 e. The number of nitrogens with zero attached hydrogens (tertiary/aromatic N) is 1. The van der Waals surface area contributed by atoms with Crippen molar-refractivity contribution in [2.75, 3.05) is 13.7 Å². The molecule has 0 saturated carbocycles. The predicted octanol–water partition coefficient (Wildman–Crippen LogP) is 1.42. The van der Waals surface area contributed by atoms with E-state index in [1.807, 2.05) is 0 Å². The van der Waals surface area contributed by atoms with Gasteiger partial charge in [0.15, 0.2) is 0 Å². The van der Waals surface area contributed by atoms with Crippen molar-refractivity contribution < 1.29 is 9.53 Å². The van der Waals surface area contributed by atoms with Gasteiger partial charge in [-0.3, -0.25) is 9.69 Å². The summed E-state index contributed by atoms with van der Waals surface area (Å²) in [6.45, 7) is 4.80. The molecule has 0 aliphatic carbocycles. The van der Waals surface area contributed by atoms with E-state index < -0.39 is 0 Å². The summed E-state index contributed by atoms with van der Waals surface area (Å²) in [7, 11) is 1.45. The fourth-order valence-electron chi connectivity index (χ4n) is 2.00. The number of carbonyl (C=O) groups is 1. The maximum absolute atomic E-state index is 11.1. The molecule has 1 saturated heterocycles. The molecular formula is C10H19NO2. The lowest BCUT2D eigenvalue weighted by molar-refractivity contribution is -0.143. The highest BCUT2D eigenvalue weighted by Gasteiger charge is 2.26. The zero-order valence-electron chi connectivity index (χ0n) is 8.75. The molecule has 1 fully saturated rings. The fraction of sp³-hybridized carbons (Fsp3) is 0.900. The number of hydrogen-bond acceptors (Lipinski definition) is 3. The fourth-order valence-corrected chi connectivity index (χ4v) is 2.00. The highest BCUT2D eigenvalue weighted by molar-refractivity contribution is 5.71. The van der Waals surface area contributed by atoms with Crippen molar-refractivity contribution >= 4 is 5.97 Å². The molecule has 2 unspecified atom stereocenters. The first-order valence-corrected chi connectivity index (χ1v) is 4.97. The van der Waals surface area contributed by atoms with Crippen molar-refractivity contribution in [1.82, 2.24) is 4.90 Å². The van der Waals surface area contributed by atoms with Gasteiger partial charge in [-0.15, -0.1) is 0 Å². The van der Waals surface area contributed by atoms with E-state index in [1.165, 1.54) is 26.4 Å². The minimum atomic E-state index is -0.124. The lowest BCUT2D eigenvalue weighted by atomic mass is 9.98. The molecule has 1 aliphatic heterocycles. The molecule has 1 heterocycles. The van der Waals surface area contributed by atoms with Gasteiger partial charge in [-0.1, -0.05) is 6.42 Å². The molecule has 2 atom stereocenters. The Labute approximate surface area is 80.1 Å². The maximum Gasteiger partial charge on any atom is 0.319 e. The highest BCUT2D eigenvalue weighted by Crippen LogP contribution is 2.21. The molecule has 0 aromatic carbocycles. The van der Waals surface area contributed by atoms with Crippen LogP contribution in [0, 0.1) is 0 Å². The molecule has 1 rings (SSSR count). The SMILES string of the molecule is COC(=O)CN1C(C)CCCC1C. The summed E-state index contributed by atoms with van der Waals surface area (Å²) >= 11 is 0. The highest BCUT2D eigenvalue weighted by atomic mass is 16.5. The quantitative estimate of drug-likeness (QED) is 0.609. The molecule has 0 amide bonds. The molecule has 0 aromatic rings. The van der Waals surface area contributed by atoms with Gasteiger partial charge in [-0.05, 0) is 26.7 Å². The van der Waals surface area contributed by atoms with Gasteiger partial charge < -0.3 is 4.74 Å². The molecule has 13 heavy (non-hydrogen) atoms. The Bertz CT molecular complexity index is 172. The van der Waals surface area contributed by atoms with Crippen molar-refractivity contribution in [3.8, 4) is 0 Å². The van der Waals surface area contributed by atoms with Crippen LogP contribution in [0.3, 0.4) is 0 Å². The summed E-state index contributed by atoms with van der Waals surface area (Å²) in [5, 5.41) is 0. The molecule has 0 spiro atoms. The van der Waals surface area contributed by atoms with Crippen LogP contribution >= 0.6 is 0 Å². The summed E-state index contributed by atoms with van der Waals surface area (Å²) in [4.78, 5) is 13.3. The van der Waals surface area contributed by atoms with E-state index in [2.05, 4.69) is 23.5 Å². The monoisotopic (exact) mass is 185 g/mol. The molecule has 0 radical (unpaired) electrons. The number of methoxy groups -OCH3 is 1. The molecule has 1 aliphatic rings. The molecule has 3 nitrogen and oxygen atoms in total. The van der Waals surface area contributed by atoms with Gasteiger partial charge >= 0.3 is 5.97 Å². The summed E-state index contributed by atoms with van der Waals surface area (Å²) in [5.74, 6) is -0.124. The van der Waals surface area contributed by atoms with Gasteiger partial charge in [-0.25, -0.2) is 0 Å². The average Bonchev–Trinajstić information content (AvgIpc) is 2.11.